The van der Waals surface area contributed by atoms with E-state index in [4.69, 9.17) is 14.5 Å². The second-order valence-corrected chi connectivity index (χ2v) is 14.2. The van der Waals surface area contributed by atoms with Gasteiger partial charge in [0.15, 0.2) is 12.0 Å². The number of carbonyl (C=O) groups is 1. The summed E-state index contributed by atoms with van der Waals surface area (Å²) in [6.45, 7) is 7.84. The Morgan fingerprint density at radius 2 is 1.92 bits per heavy atom. The van der Waals surface area contributed by atoms with E-state index in [0.717, 1.165) is 25.8 Å². The Balaban J connectivity index is 1.30. The van der Waals surface area contributed by atoms with Crippen molar-refractivity contribution in [2.75, 3.05) is 44.7 Å². The number of benzene rings is 2. The summed E-state index contributed by atoms with van der Waals surface area (Å²) in [5, 5.41) is 23.0. The second-order valence-electron chi connectivity index (χ2n) is 14.2. The molecule has 3 fully saturated rings. The number of rotatable bonds is 8. The molecule has 5 heterocycles. The van der Waals surface area contributed by atoms with Crippen molar-refractivity contribution in [1.29, 1.82) is 0 Å². The lowest BCUT2D eigenvalue weighted by molar-refractivity contribution is -0.0331. The van der Waals surface area contributed by atoms with Crippen LogP contribution in [0.1, 0.15) is 64.9 Å². The summed E-state index contributed by atoms with van der Waals surface area (Å²) >= 11 is 0. The molecule has 3 aliphatic heterocycles. The minimum atomic E-state index is -0.977. The predicted octanol–water partition coefficient (Wildman–Crippen LogP) is 6.16. The number of nitrogens with zero attached hydrogens (tertiary/aromatic N) is 6. The van der Waals surface area contributed by atoms with Crippen LogP contribution in [0.3, 0.4) is 0 Å². The Labute approximate surface area is 289 Å². The topological polar surface area (TPSA) is 124 Å². The lowest BCUT2D eigenvalue weighted by Gasteiger charge is -2.38. The van der Waals surface area contributed by atoms with Crippen LogP contribution in [-0.4, -0.2) is 98.3 Å². The highest BCUT2D eigenvalue weighted by molar-refractivity contribution is 6.01. The Morgan fingerprint density at radius 3 is 2.68 bits per heavy atom. The summed E-state index contributed by atoms with van der Waals surface area (Å²) in [6, 6.07) is 5.80. The summed E-state index contributed by atoms with van der Waals surface area (Å²) in [7, 11) is 1.71. The first-order chi connectivity index (χ1) is 23.9. The summed E-state index contributed by atoms with van der Waals surface area (Å²) in [5.41, 5.74) is -0.851. The van der Waals surface area contributed by atoms with Gasteiger partial charge in [0.2, 0.25) is 0 Å². The van der Waals surface area contributed by atoms with E-state index in [9.17, 15) is 15.0 Å². The van der Waals surface area contributed by atoms with Crippen molar-refractivity contribution < 1.29 is 33.3 Å². The van der Waals surface area contributed by atoms with Crippen molar-refractivity contribution in [2.45, 2.75) is 83.1 Å². The molecule has 0 aliphatic carbocycles. The minimum Gasteiger partial charge on any atom is -0.508 e. The third-order valence-electron chi connectivity index (χ3n) is 10.7. The molecule has 266 valence electrons. The second kappa shape index (κ2) is 13.1. The summed E-state index contributed by atoms with van der Waals surface area (Å²) in [4.78, 5) is 32.1. The first-order valence-corrected chi connectivity index (χ1v) is 17.5. The highest BCUT2D eigenvalue weighted by atomic mass is 19.1. The van der Waals surface area contributed by atoms with Crippen molar-refractivity contribution >= 4 is 33.6 Å². The highest BCUT2D eigenvalue weighted by Gasteiger charge is 2.51. The molecule has 3 aliphatic rings. The number of hydrogen-bond donors (Lipinski definition) is 2. The molecule has 2 aromatic heterocycles. The zero-order valence-corrected chi connectivity index (χ0v) is 29.0. The van der Waals surface area contributed by atoms with Gasteiger partial charge in [0.25, 0.3) is 0 Å². The summed E-state index contributed by atoms with van der Waals surface area (Å²) in [6.07, 6.45) is 5.60. The van der Waals surface area contributed by atoms with E-state index in [0.29, 0.717) is 66.3 Å². The number of phenols is 1. The van der Waals surface area contributed by atoms with Crippen LogP contribution in [0.15, 0.2) is 30.5 Å². The maximum atomic E-state index is 16.9. The van der Waals surface area contributed by atoms with Crippen molar-refractivity contribution in [3.8, 4) is 23.0 Å². The van der Waals surface area contributed by atoms with Crippen molar-refractivity contribution in [2.24, 2.45) is 0 Å². The Hall–Kier alpha value is -4.36. The number of piperidine rings is 1. The Kier molecular flexibility index (Phi) is 8.92. The zero-order valence-electron chi connectivity index (χ0n) is 29.0. The van der Waals surface area contributed by atoms with Crippen molar-refractivity contribution in [1.82, 2.24) is 24.8 Å². The van der Waals surface area contributed by atoms with Crippen LogP contribution in [0, 0.1) is 11.6 Å². The number of aryl methyl sites for hydroxylation is 1. The number of aromatic nitrogens is 3. The van der Waals surface area contributed by atoms with Crippen molar-refractivity contribution in [3.63, 3.8) is 0 Å². The molecular weight excluding hydrogens is 646 g/mol. The van der Waals surface area contributed by atoms with E-state index < -0.39 is 22.8 Å². The molecule has 2 aromatic carbocycles. The predicted molar refractivity (Wildman–Crippen MR) is 185 cm³/mol. The van der Waals surface area contributed by atoms with Gasteiger partial charge in [-0.2, -0.15) is 9.97 Å². The number of fused-ring (bicyclic) bond motifs is 3. The number of phenolic OH excluding ortho intramolecular Hbond substituents is 1. The van der Waals surface area contributed by atoms with E-state index in [1.807, 2.05) is 18.7 Å². The van der Waals surface area contributed by atoms with Crippen LogP contribution in [0.2, 0.25) is 0 Å². The molecule has 0 bridgehead atoms. The molecule has 1 amide bonds. The number of β-amino-alcohol motifs (C(OH)–C–C–N with tert-alkyl or cyclic N) is 1. The molecule has 3 saturated heterocycles. The van der Waals surface area contributed by atoms with Crippen LogP contribution in [0.25, 0.3) is 32.9 Å². The average Bonchev–Trinajstić information content (AvgIpc) is 3.66. The van der Waals surface area contributed by atoms with Gasteiger partial charge in [-0.1, -0.05) is 13.0 Å². The van der Waals surface area contributed by atoms with Gasteiger partial charge < -0.3 is 29.5 Å². The summed E-state index contributed by atoms with van der Waals surface area (Å²) in [5.74, 6) is -0.892. The molecule has 13 heteroatoms. The van der Waals surface area contributed by atoms with Crippen LogP contribution >= 0.6 is 0 Å². The lowest BCUT2D eigenvalue weighted by atomic mass is 9.94. The molecule has 7 rings (SSSR count). The first kappa shape index (κ1) is 34.1. The first-order valence-electron chi connectivity index (χ1n) is 17.5. The molecular formula is C37H44F2N6O5. The molecule has 3 atom stereocenters. The lowest BCUT2D eigenvalue weighted by Crippen LogP contribution is -2.48. The standard InChI is InChI=1S/C37H44F2N6O5/c1-5-24-27(38)10-9-22-17-23(46)18-25(29(22)24)31-30(39)32-26(19-40-31)33(44-15-7-12-36(3,48)20-44)42-34(41-32)49-21-37-13-8-16-45(37)28(11-14-37)50-35(47)43(4)6-2/h9-10,17-19,28,46,48H,5-8,11-16,20-21H2,1-4H3/t28-,36+,37-/m0/s1. The number of amides is 1. The number of aromatic hydroxyl groups is 1. The van der Waals surface area contributed by atoms with Gasteiger partial charge in [-0.15, -0.1) is 0 Å². The molecule has 0 spiro atoms. The molecule has 2 N–H and O–H groups in total. The number of pyridine rings is 1. The molecule has 0 unspecified atom stereocenters. The third-order valence-corrected chi connectivity index (χ3v) is 10.7. The Morgan fingerprint density at radius 1 is 1.12 bits per heavy atom. The van der Waals surface area contributed by atoms with Gasteiger partial charge in [0.1, 0.15) is 35.2 Å². The molecule has 0 radical (unpaired) electrons. The fourth-order valence-electron chi connectivity index (χ4n) is 8.06. The minimum absolute atomic E-state index is 0.0257. The van der Waals surface area contributed by atoms with E-state index in [-0.39, 0.29) is 54.0 Å². The number of carbonyl (C=O) groups excluding carboxylic acids is 1. The fraction of sp³-hybridized carbons (Fsp3) is 0.514. The van der Waals surface area contributed by atoms with Gasteiger partial charge in [0, 0.05) is 51.4 Å². The zero-order chi connectivity index (χ0) is 35.4. The monoisotopic (exact) mass is 690 g/mol. The Bertz CT molecular complexity index is 1960. The number of anilines is 1. The fourth-order valence-corrected chi connectivity index (χ4v) is 8.06. The molecule has 4 aromatic rings. The van der Waals surface area contributed by atoms with E-state index in [2.05, 4.69) is 14.9 Å². The van der Waals surface area contributed by atoms with Gasteiger partial charge in [-0.25, -0.2) is 13.6 Å². The molecule has 50 heavy (non-hydrogen) atoms. The maximum absolute atomic E-state index is 16.9. The number of halogens is 2. The average molecular weight is 691 g/mol. The van der Waals surface area contributed by atoms with Crippen molar-refractivity contribution in [3.05, 3.63) is 47.7 Å². The van der Waals surface area contributed by atoms with Crippen LogP contribution in [0.5, 0.6) is 11.8 Å². The smallest absolute Gasteiger partial charge is 0.411 e. The van der Waals surface area contributed by atoms with E-state index in [1.54, 1.807) is 20.0 Å². The SMILES string of the molecule is CCc1c(F)ccc2cc(O)cc(-c3ncc4c(N5CCC[C@@](C)(O)C5)nc(OC[C@@]56CCCN5[C@@H](OC(=O)N(C)CC)CC6)nc4c3F)c12. The van der Waals surface area contributed by atoms with E-state index in [1.165, 1.54) is 29.3 Å². The van der Waals surface area contributed by atoms with Gasteiger partial charge >= 0.3 is 12.1 Å². The van der Waals surface area contributed by atoms with Crippen LogP contribution in [0.4, 0.5) is 19.4 Å². The third kappa shape index (κ3) is 6.04. The van der Waals surface area contributed by atoms with E-state index >= 15 is 8.78 Å². The van der Waals surface area contributed by atoms with Crippen LogP contribution in [-0.2, 0) is 11.2 Å². The van der Waals surface area contributed by atoms with Gasteiger partial charge in [-0.05, 0) is 86.9 Å². The number of ether oxygens (including phenoxy) is 2. The van der Waals surface area contributed by atoms with Crippen LogP contribution < -0.4 is 9.64 Å². The molecule has 11 nitrogen and oxygen atoms in total. The maximum Gasteiger partial charge on any atom is 0.411 e. The largest absolute Gasteiger partial charge is 0.508 e. The quantitative estimate of drug-likeness (QED) is 0.222. The summed E-state index contributed by atoms with van der Waals surface area (Å²) < 4.78 is 44.2. The van der Waals surface area contributed by atoms with Gasteiger partial charge in [-0.3, -0.25) is 9.88 Å². The normalized spacial score (nSPS) is 23.8. The number of aliphatic hydroxyl groups is 1. The number of hydrogen-bond acceptors (Lipinski definition) is 10. The molecule has 0 saturated carbocycles. The van der Waals surface area contributed by atoms with Gasteiger partial charge in [0.05, 0.1) is 16.5 Å². The highest BCUT2D eigenvalue weighted by Crippen LogP contribution is 2.44.